The summed E-state index contributed by atoms with van der Waals surface area (Å²) in [6, 6.07) is 20.4. The third-order valence-electron chi connectivity index (χ3n) is 6.96. The van der Waals surface area contributed by atoms with E-state index in [-0.39, 0.29) is 17.6 Å². The van der Waals surface area contributed by atoms with E-state index in [1.54, 1.807) is 0 Å². The first-order chi connectivity index (χ1) is 13.2. The molecule has 4 fully saturated rings. The minimum Gasteiger partial charge on any atom is -0.333 e. The van der Waals surface area contributed by atoms with E-state index in [1.807, 2.05) is 36.4 Å². The Balaban J connectivity index is 1.35. The van der Waals surface area contributed by atoms with Crippen LogP contribution >= 0.6 is 0 Å². The molecule has 0 aromatic heterocycles. The number of carbonyl (C=O) groups excluding carboxylic acids is 1. The zero-order chi connectivity index (χ0) is 18.3. The van der Waals surface area contributed by atoms with Gasteiger partial charge in [-0.25, -0.2) is 4.79 Å². The molecule has 4 bridgehead atoms. The molecule has 4 saturated carbocycles. The molecule has 4 aliphatic rings. The second-order valence-electron chi connectivity index (χ2n) is 9.05. The standard InChI is InChI=1S/C24H28N2O/c27-23(26-24-14-17-11-18(15-24)13-19(12-17)16-24)25-22(20-7-3-1-4-8-20)21-9-5-2-6-10-21/h1-10,17-19,22H,11-16H2,(H2,25,26,27). The van der Waals surface area contributed by atoms with Crippen LogP contribution in [0.25, 0.3) is 0 Å². The van der Waals surface area contributed by atoms with Crippen molar-refractivity contribution in [2.75, 3.05) is 0 Å². The Morgan fingerprint density at radius 1 is 0.778 bits per heavy atom. The summed E-state index contributed by atoms with van der Waals surface area (Å²) < 4.78 is 0. The lowest BCUT2D eigenvalue weighted by Gasteiger charge is -2.56. The quantitative estimate of drug-likeness (QED) is 0.787. The maximum atomic E-state index is 13.1. The van der Waals surface area contributed by atoms with Gasteiger partial charge in [-0.3, -0.25) is 0 Å². The van der Waals surface area contributed by atoms with Gasteiger partial charge < -0.3 is 10.6 Å². The molecule has 3 heteroatoms. The number of amides is 2. The second kappa shape index (κ2) is 6.70. The smallest absolute Gasteiger partial charge is 0.315 e. The average molecular weight is 361 g/mol. The third kappa shape index (κ3) is 3.36. The van der Waals surface area contributed by atoms with Crippen molar-refractivity contribution < 1.29 is 4.79 Å². The van der Waals surface area contributed by atoms with Gasteiger partial charge >= 0.3 is 6.03 Å². The predicted molar refractivity (Wildman–Crippen MR) is 107 cm³/mol. The third-order valence-corrected chi connectivity index (χ3v) is 6.96. The molecule has 6 rings (SSSR count). The number of hydrogen-bond donors (Lipinski definition) is 2. The normalized spacial score (nSPS) is 31.1. The van der Waals surface area contributed by atoms with Crippen molar-refractivity contribution >= 4 is 6.03 Å². The van der Waals surface area contributed by atoms with E-state index in [1.165, 1.54) is 38.5 Å². The maximum Gasteiger partial charge on any atom is 0.315 e. The molecule has 4 aliphatic carbocycles. The van der Waals surface area contributed by atoms with Gasteiger partial charge in [0.05, 0.1) is 6.04 Å². The zero-order valence-corrected chi connectivity index (χ0v) is 15.7. The Morgan fingerprint density at radius 3 is 1.67 bits per heavy atom. The summed E-state index contributed by atoms with van der Waals surface area (Å²) in [5, 5.41) is 6.72. The van der Waals surface area contributed by atoms with Gasteiger partial charge in [0, 0.05) is 5.54 Å². The number of urea groups is 1. The number of hydrogen-bond acceptors (Lipinski definition) is 1. The van der Waals surface area contributed by atoms with Gasteiger partial charge in [-0.15, -0.1) is 0 Å². The predicted octanol–water partition coefficient (Wildman–Crippen LogP) is 5.04. The van der Waals surface area contributed by atoms with Crippen molar-refractivity contribution in [2.24, 2.45) is 17.8 Å². The molecule has 140 valence electrons. The summed E-state index contributed by atoms with van der Waals surface area (Å²) in [5.74, 6) is 2.49. The van der Waals surface area contributed by atoms with Gasteiger partial charge in [-0.05, 0) is 67.4 Å². The molecule has 2 aromatic carbocycles. The molecule has 2 aromatic rings. The SMILES string of the molecule is O=C(NC(c1ccccc1)c1ccccc1)NC12CC3CC(CC(C3)C1)C2. The van der Waals surface area contributed by atoms with Crippen molar-refractivity contribution in [1.82, 2.24) is 10.6 Å². The van der Waals surface area contributed by atoms with Crippen LogP contribution in [-0.2, 0) is 0 Å². The number of benzene rings is 2. The van der Waals surface area contributed by atoms with Gasteiger partial charge in [0.25, 0.3) is 0 Å². The fourth-order valence-electron chi connectivity index (χ4n) is 6.32. The Morgan fingerprint density at radius 2 is 1.22 bits per heavy atom. The highest BCUT2D eigenvalue weighted by Crippen LogP contribution is 2.55. The van der Waals surface area contributed by atoms with Gasteiger partial charge in [0.2, 0.25) is 0 Å². The van der Waals surface area contributed by atoms with Crippen LogP contribution in [0.2, 0.25) is 0 Å². The summed E-state index contributed by atoms with van der Waals surface area (Å²) in [4.78, 5) is 13.1. The molecule has 2 amide bonds. The Hall–Kier alpha value is -2.29. The molecule has 0 unspecified atom stereocenters. The molecule has 3 nitrogen and oxygen atoms in total. The van der Waals surface area contributed by atoms with Crippen molar-refractivity contribution in [2.45, 2.75) is 50.1 Å². The molecule has 0 radical (unpaired) electrons. The van der Waals surface area contributed by atoms with Crippen LogP contribution in [0.4, 0.5) is 4.79 Å². The fraction of sp³-hybridized carbons (Fsp3) is 0.458. The van der Waals surface area contributed by atoms with Crippen molar-refractivity contribution in [3.63, 3.8) is 0 Å². The highest BCUT2D eigenvalue weighted by atomic mass is 16.2. The summed E-state index contributed by atoms with van der Waals surface area (Å²) >= 11 is 0. The van der Waals surface area contributed by atoms with E-state index in [9.17, 15) is 4.79 Å². The highest BCUT2D eigenvalue weighted by Gasteiger charge is 2.51. The van der Waals surface area contributed by atoms with E-state index in [0.717, 1.165) is 28.9 Å². The Bertz CT molecular complexity index is 727. The first-order valence-electron chi connectivity index (χ1n) is 10.4. The summed E-state index contributed by atoms with van der Waals surface area (Å²) in [6.07, 6.45) is 7.69. The Labute approximate surface area is 161 Å². The molecule has 0 saturated heterocycles. The summed E-state index contributed by atoms with van der Waals surface area (Å²) in [5.41, 5.74) is 2.27. The lowest BCUT2D eigenvalue weighted by molar-refractivity contribution is -0.0136. The van der Waals surface area contributed by atoms with E-state index < -0.39 is 0 Å². The lowest BCUT2D eigenvalue weighted by Crippen LogP contribution is -2.61. The van der Waals surface area contributed by atoms with Crippen LogP contribution in [0.1, 0.15) is 55.7 Å². The Kier molecular flexibility index (Phi) is 4.18. The molecule has 0 atom stereocenters. The van der Waals surface area contributed by atoms with Crippen LogP contribution in [0.15, 0.2) is 60.7 Å². The topological polar surface area (TPSA) is 41.1 Å². The molecule has 0 heterocycles. The molecule has 0 spiro atoms. The fourth-order valence-corrected chi connectivity index (χ4v) is 6.32. The number of carbonyl (C=O) groups is 1. The maximum absolute atomic E-state index is 13.1. The minimum absolute atomic E-state index is 0.0188. The molecule has 2 N–H and O–H groups in total. The van der Waals surface area contributed by atoms with E-state index in [0.29, 0.717) is 0 Å². The van der Waals surface area contributed by atoms with Crippen molar-refractivity contribution in [3.05, 3.63) is 71.8 Å². The van der Waals surface area contributed by atoms with Crippen LogP contribution in [0, 0.1) is 17.8 Å². The van der Waals surface area contributed by atoms with E-state index in [4.69, 9.17) is 0 Å². The zero-order valence-electron chi connectivity index (χ0n) is 15.7. The minimum atomic E-state index is -0.124. The lowest BCUT2D eigenvalue weighted by atomic mass is 9.53. The first kappa shape index (κ1) is 16.9. The highest BCUT2D eigenvalue weighted by molar-refractivity contribution is 5.76. The van der Waals surface area contributed by atoms with Gasteiger partial charge in [-0.2, -0.15) is 0 Å². The molecule has 0 aliphatic heterocycles. The van der Waals surface area contributed by atoms with E-state index in [2.05, 4.69) is 34.9 Å². The average Bonchev–Trinajstić information content (AvgIpc) is 2.66. The number of nitrogens with one attached hydrogen (secondary N) is 2. The first-order valence-corrected chi connectivity index (χ1v) is 10.4. The van der Waals surface area contributed by atoms with Gasteiger partial charge in [0.15, 0.2) is 0 Å². The molecular weight excluding hydrogens is 332 g/mol. The summed E-state index contributed by atoms with van der Waals surface area (Å²) in [6.45, 7) is 0. The van der Waals surface area contributed by atoms with Crippen LogP contribution in [-0.4, -0.2) is 11.6 Å². The molecule has 27 heavy (non-hydrogen) atoms. The van der Waals surface area contributed by atoms with Gasteiger partial charge in [-0.1, -0.05) is 60.7 Å². The van der Waals surface area contributed by atoms with Gasteiger partial charge in [0.1, 0.15) is 0 Å². The van der Waals surface area contributed by atoms with Crippen LogP contribution in [0.5, 0.6) is 0 Å². The molecular formula is C24H28N2O. The summed E-state index contributed by atoms with van der Waals surface area (Å²) in [7, 11) is 0. The van der Waals surface area contributed by atoms with Crippen LogP contribution in [0.3, 0.4) is 0 Å². The second-order valence-corrected chi connectivity index (χ2v) is 9.05. The monoisotopic (exact) mass is 360 g/mol. The van der Waals surface area contributed by atoms with E-state index >= 15 is 0 Å². The van der Waals surface area contributed by atoms with Crippen molar-refractivity contribution in [1.29, 1.82) is 0 Å². The number of rotatable bonds is 4. The largest absolute Gasteiger partial charge is 0.333 e. The van der Waals surface area contributed by atoms with Crippen molar-refractivity contribution in [3.8, 4) is 0 Å². The van der Waals surface area contributed by atoms with Crippen LogP contribution < -0.4 is 10.6 Å².